The molecule has 0 spiro atoms. The maximum atomic E-state index is 5.78. The number of aromatic nitrogens is 2. The highest BCUT2D eigenvalue weighted by atomic mass is 32.1. The number of fused-ring (bicyclic) bond motifs is 1. The lowest BCUT2D eigenvalue weighted by Crippen LogP contribution is -2.09. The average molecular weight is 281 g/mol. The molecule has 0 bridgehead atoms. The van der Waals surface area contributed by atoms with E-state index in [1.54, 1.807) is 0 Å². The van der Waals surface area contributed by atoms with Gasteiger partial charge in [0.25, 0.3) is 0 Å². The highest BCUT2D eigenvalue weighted by Gasteiger charge is 2.08. The molecule has 3 aromatic rings. The molecule has 2 heterocycles. The van der Waals surface area contributed by atoms with E-state index in [2.05, 4.69) is 40.9 Å². The molecule has 0 saturated heterocycles. The summed E-state index contributed by atoms with van der Waals surface area (Å²) in [5, 5.41) is 1.09. The summed E-state index contributed by atoms with van der Waals surface area (Å²) in [5.41, 5.74) is 10.1. The Bertz CT molecular complexity index is 789. The van der Waals surface area contributed by atoms with Crippen LogP contribution in [0.25, 0.3) is 10.9 Å². The molecule has 0 aliphatic heterocycles. The van der Waals surface area contributed by atoms with Crippen molar-refractivity contribution < 1.29 is 0 Å². The van der Waals surface area contributed by atoms with Crippen LogP contribution in [0.3, 0.4) is 0 Å². The molecule has 4 heteroatoms. The van der Waals surface area contributed by atoms with Crippen LogP contribution in [-0.4, -0.2) is 14.5 Å². The first kappa shape index (κ1) is 12.8. The van der Waals surface area contributed by atoms with Gasteiger partial charge in [0.05, 0.1) is 12.2 Å². The van der Waals surface area contributed by atoms with Crippen molar-refractivity contribution in [3.8, 4) is 0 Å². The molecule has 2 N–H and O–H groups in total. The third-order valence-electron chi connectivity index (χ3n) is 3.52. The summed E-state index contributed by atoms with van der Waals surface area (Å²) in [6, 6.07) is 12.1. The van der Waals surface area contributed by atoms with E-state index in [-0.39, 0.29) is 0 Å². The number of pyridine rings is 1. The minimum atomic E-state index is 0.433. The fourth-order valence-corrected chi connectivity index (χ4v) is 2.60. The highest BCUT2D eigenvalue weighted by Crippen LogP contribution is 2.21. The van der Waals surface area contributed by atoms with E-state index in [4.69, 9.17) is 18.0 Å². The van der Waals surface area contributed by atoms with Crippen LogP contribution in [0, 0.1) is 6.92 Å². The van der Waals surface area contributed by atoms with Crippen LogP contribution >= 0.6 is 12.2 Å². The summed E-state index contributed by atoms with van der Waals surface area (Å²) in [5.74, 6) is 0. The first-order valence-electron chi connectivity index (χ1n) is 6.45. The number of nitrogens with zero attached hydrogens (tertiary/aromatic N) is 2. The molecule has 0 fully saturated rings. The van der Waals surface area contributed by atoms with Crippen LogP contribution in [0.15, 0.2) is 48.8 Å². The first-order chi connectivity index (χ1) is 9.66. The highest BCUT2D eigenvalue weighted by molar-refractivity contribution is 7.80. The van der Waals surface area contributed by atoms with Gasteiger partial charge < -0.3 is 10.3 Å². The maximum absolute atomic E-state index is 5.78. The summed E-state index contributed by atoms with van der Waals surface area (Å²) in [4.78, 5) is 4.88. The van der Waals surface area contributed by atoms with Crippen molar-refractivity contribution in [1.82, 2.24) is 9.55 Å². The van der Waals surface area contributed by atoms with Gasteiger partial charge in [0.1, 0.15) is 4.99 Å². The summed E-state index contributed by atoms with van der Waals surface area (Å²) in [6.45, 7) is 2.82. The third-order valence-corrected chi connectivity index (χ3v) is 3.74. The van der Waals surface area contributed by atoms with Gasteiger partial charge in [-0.05, 0) is 30.7 Å². The molecule has 3 nitrogen and oxygen atoms in total. The summed E-state index contributed by atoms with van der Waals surface area (Å²) < 4.78 is 2.17. The minimum Gasteiger partial charge on any atom is -0.389 e. The predicted octanol–water partition coefficient (Wildman–Crippen LogP) is 3.03. The van der Waals surface area contributed by atoms with Crippen LogP contribution in [0.4, 0.5) is 0 Å². The number of benzene rings is 1. The lowest BCUT2D eigenvalue weighted by atomic mass is 10.1. The van der Waals surface area contributed by atoms with Crippen molar-refractivity contribution in [2.75, 3.05) is 0 Å². The van der Waals surface area contributed by atoms with Gasteiger partial charge >= 0.3 is 0 Å². The molecule has 1 aromatic carbocycles. The van der Waals surface area contributed by atoms with Crippen LogP contribution in [-0.2, 0) is 6.54 Å². The van der Waals surface area contributed by atoms with Gasteiger partial charge in [-0.2, -0.15) is 0 Å². The zero-order chi connectivity index (χ0) is 14.1. The van der Waals surface area contributed by atoms with Crippen LogP contribution in [0.1, 0.15) is 16.8 Å². The Labute approximate surface area is 123 Å². The molecule has 0 atom stereocenters. The fraction of sp³-hybridized carbons (Fsp3) is 0.125. The fourth-order valence-electron chi connectivity index (χ4n) is 2.42. The standard InChI is InChI=1S/C16H15N3S/c1-11-4-3-8-18-14(11)10-19-9-7-12-13(16(17)20)5-2-6-15(12)19/h2-9H,10H2,1H3,(H2,17,20). The summed E-state index contributed by atoms with van der Waals surface area (Å²) in [7, 11) is 0. The van der Waals surface area contributed by atoms with E-state index in [0.717, 1.165) is 28.7 Å². The summed E-state index contributed by atoms with van der Waals surface area (Å²) >= 11 is 5.11. The van der Waals surface area contributed by atoms with Crippen LogP contribution in [0.5, 0.6) is 0 Å². The Hall–Kier alpha value is -2.20. The van der Waals surface area contributed by atoms with Crippen LogP contribution in [0.2, 0.25) is 0 Å². The number of aryl methyl sites for hydroxylation is 1. The van der Waals surface area contributed by atoms with E-state index in [1.165, 1.54) is 5.56 Å². The number of thiocarbonyl (C=S) groups is 1. The second kappa shape index (κ2) is 5.06. The molecule has 0 saturated carbocycles. The van der Waals surface area contributed by atoms with E-state index >= 15 is 0 Å². The topological polar surface area (TPSA) is 43.8 Å². The second-order valence-corrected chi connectivity index (χ2v) is 5.25. The molecular formula is C16H15N3S. The second-order valence-electron chi connectivity index (χ2n) is 4.81. The Balaban J connectivity index is 2.08. The van der Waals surface area contributed by atoms with Gasteiger partial charge in [0.2, 0.25) is 0 Å². The molecule has 0 aliphatic rings. The Morgan fingerprint density at radius 1 is 1.25 bits per heavy atom. The smallest absolute Gasteiger partial charge is 0.104 e. The van der Waals surface area contributed by atoms with Gasteiger partial charge in [0, 0.05) is 28.9 Å². The first-order valence-corrected chi connectivity index (χ1v) is 6.86. The minimum absolute atomic E-state index is 0.433. The molecule has 0 unspecified atom stereocenters. The number of nitrogens with two attached hydrogens (primary N) is 1. The molecule has 0 radical (unpaired) electrons. The van der Waals surface area contributed by atoms with Gasteiger partial charge in [-0.1, -0.05) is 30.4 Å². The monoisotopic (exact) mass is 281 g/mol. The van der Waals surface area contributed by atoms with E-state index < -0.39 is 0 Å². The predicted molar refractivity (Wildman–Crippen MR) is 85.9 cm³/mol. The zero-order valence-electron chi connectivity index (χ0n) is 11.2. The quantitative estimate of drug-likeness (QED) is 0.750. The van der Waals surface area contributed by atoms with Gasteiger partial charge in [-0.3, -0.25) is 4.98 Å². The molecule has 20 heavy (non-hydrogen) atoms. The molecular weight excluding hydrogens is 266 g/mol. The Morgan fingerprint density at radius 2 is 2.10 bits per heavy atom. The molecule has 2 aromatic heterocycles. The normalized spacial score (nSPS) is 10.8. The molecule has 0 aliphatic carbocycles. The number of hydrogen-bond acceptors (Lipinski definition) is 2. The Morgan fingerprint density at radius 3 is 2.85 bits per heavy atom. The number of rotatable bonds is 3. The largest absolute Gasteiger partial charge is 0.389 e. The molecule has 3 rings (SSSR count). The van der Waals surface area contributed by atoms with Gasteiger partial charge in [-0.15, -0.1) is 0 Å². The van der Waals surface area contributed by atoms with E-state index in [1.807, 2.05) is 24.4 Å². The average Bonchev–Trinajstić information content (AvgIpc) is 2.84. The summed E-state index contributed by atoms with van der Waals surface area (Å²) in [6.07, 6.45) is 3.88. The molecule has 100 valence electrons. The SMILES string of the molecule is Cc1cccnc1Cn1ccc2c(C(N)=S)cccc21. The van der Waals surface area contributed by atoms with Crippen molar-refractivity contribution in [2.45, 2.75) is 13.5 Å². The van der Waals surface area contributed by atoms with Crippen LogP contribution < -0.4 is 5.73 Å². The van der Waals surface area contributed by atoms with Crippen molar-refractivity contribution in [3.63, 3.8) is 0 Å². The van der Waals surface area contributed by atoms with E-state index in [0.29, 0.717) is 4.99 Å². The van der Waals surface area contributed by atoms with Crippen molar-refractivity contribution in [3.05, 3.63) is 65.6 Å². The maximum Gasteiger partial charge on any atom is 0.104 e. The van der Waals surface area contributed by atoms with E-state index in [9.17, 15) is 0 Å². The van der Waals surface area contributed by atoms with Gasteiger partial charge in [-0.25, -0.2) is 0 Å². The third kappa shape index (κ3) is 2.18. The molecule has 0 amide bonds. The Kier molecular flexibility index (Phi) is 3.24. The lowest BCUT2D eigenvalue weighted by Gasteiger charge is -2.08. The lowest BCUT2D eigenvalue weighted by molar-refractivity contribution is 0.799. The van der Waals surface area contributed by atoms with Crippen molar-refractivity contribution >= 4 is 28.1 Å². The van der Waals surface area contributed by atoms with Crippen molar-refractivity contribution in [2.24, 2.45) is 5.73 Å². The number of hydrogen-bond donors (Lipinski definition) is 1. The zero-order valence-corrected chi connectivity index (χ0v) is 12.0. The van der Waals surface area contributed by atoms with Crippen molar-refractivity contribution in [1.29, 1.82) is 0 Å². The van der Waals surface area contributed by atoms with Gasteiger partial charge in [0.15, 0.2) is 0 Å².